The van der Waals surface area contributed by atoms with Crippen LogP contribution in [-0.2, 0) is 4.74 Å². The molecular formula is C15H21N5O5. The van der Waals surface area contributed by atoms with E-state index < -0.39 is 31.1 Å². The van der Waals surface area contributed by atoms with Crippen molar-refractivity contribution in [3.8, 4) is 0 Å². The minimum atomic E-state index is -1.26. The highest BCUT2D eigenvalue weighted by Crippen LogP contribution is 2.35. The maximum absolute atomic E-state index is 12.1. The summed E-state index contributed by atoms with van der Waals surface area (Å²) in [7, 11) is 0. The maximum Gasteiger partial charge on any atom is 0.278 e. The minimum absolute atomic E-state index is 0.154. The van der Waals surface area contributed by atoms with Gasteiger partial charge in [-0.2, -0.15) is 0 Å². The monoisotopic (exact) mass is 351 g/mol. The van der Waals surface area contributed by atoms with E-state index in [0.717, 1.165) is 32.4 Å². The third-order valence-electron chi connectivity index (χ3n) is 4.88. The third kappa shape index (κ3) is 2.61. The molecular weight excluding hydrogens is 330 g/mol. The average Bonchev–Trinajstić information content (AvgIpc) is 3.15. The molecule has 0 spiro atoms. The molecule has 25 heavy (non-hydrogen) atoms. The van der Waals surface area contributed by atoms with Crippen LogP contribution in [0, 0.1) is 0 Å². The molecule has 2 aliphatic rings. The first-order valence-electron chi connectivity index (χ1n) is 8.45. The number of H-pyrrole nitrogens is 1. The van der Waals surface area contributed by atoms with Crippen LogP contribution in [0.3, 0.4) is 0 Å². The van der Waals surface area contributed by atoms with Crippen LogP contribution in [0.5, 0.6) is 0 Å². The second kappa shape index (κ2) is 6.37. The molecule has 0 bridgehead atoms. The molecule has 2 aromatic rings. The first-order chi connectivity index (χ1) is 12.1. The highest BCUT2D eigenvalue weighted by molar-refractivity contribution is 5.73. The summed E-state index contributed by atoms with van der Waals surface area (Å²) in [5.74, 6) is 0.480. The number of ether oxygens (including phenoxy) is 1. The van der Waals surface area contributed by atoms with Crippen molar-refractivity contribution < 1.29 is 20.1 Å². The summed E-state index contributed by atoms with van der Waals surface area (Å²) in [6.07, 6.45) is 0.0132. The Kier molecular flexibility index (Phi) is 4.20. The molecule has 4 N–H and O–H groups in total. The largest absolute Gasteiger partial charge is 0.394 e. The molecule has 2 fully saturated rings. The number of aliphatic hydroxyl groups excluding tert-OH is 3. The van der Waals surface area contributed by atoms with E-state index in [1.54, 1.807) is 4.57 Å². The van der Waals surface area contributed by atoms with Crippen molar-refractivity contribution in [3.05, 3.63) is 16.7 Å². The molecule has 10 heteroatoms. The van der Waals surface area contributed by atoms with Crippen LogP contribution in [0.25, 0.3) is 11.2 Å². The smallest absolute Gasteiger partial charge is 0.278 e. The van der Waals surface area contributed by atoms with E-state index in [0.29, 0.717) is 5.95 Å². The zero-order chi connectivity index (χ0) is 17.6. The summed E-state index contributed by atoms with van der Waals surface area (Å²) in [5, 5.41) is 29.8. The van der Waals surface area contributed by atoms with E-state index in [-0.39, 0.29) is 16.7 Å². The first-order valence-corrected chi connectivity index (χ1v) is 8.45. The van der Waals surface area contributed by atoms with Crippen molar-refractivity contribution in [2.45, 2.75) is 43.8 Å². The Balaban J connectivity index is 1.86. The fourth-order valence-electron chi connectivity index (χ4n) is 3.55. The summed E-state index contributed by atoms with van der Waals surface area (Å²) < 4.78 is 7.21. The number of imidazole rings is 1. The van der Waals surface area contributed by atoms with Gasteiger partial charge in [0.05, 0.1) is 12.9 Å². The predicted molar refractivity (Wildman–Crippen MR) is 87.2 cm³/mol. The second-order valence-electron chi connectivity index (χ2n) is 6.46. The van der Waals surface area contributed by atoms with E-state index in [2.05, 4.69) is 15.0 Å². The topological polar surface area (TPSA) is 137 Å². The zero-order valence-corrected chi connectivity index (χ0v) is 13.6. The molecule has 0 amide bonds. The van der Waals surface area contributed by atoms with Crippen molar-refractivity contribution in [3.63, 3.8) is 0 Å². The van der Waals surface area contributed by atoms with Gasteiger partial charge < -0.3 is 29.9 Å². The summed E-state index contributed by atoms with van der Waals surface area (Å²) in [4.78, 5) is 25.3. The molecule has 0 aliphatic carbocycles. The van der Waals surface area contributed by atoms with Crippen LogP contribution in [0.4, 0.5) is 5.95 Å². The number of fused-ring (bicyclic) bond motifs is 1. The van der Waals surface area contributed by atoms with E-state index in [9.17, 15) is 20.1 Å². The minimum Gasteiger partial charge on any atom is -0.394 e. The molecule has 10 nitrogen and oxygen atoms in total. The lowest BCUT2D eigenvalue weighted by atomic mass is 10.1. The lowest BCUT2D eigenvalue weighted by Gasteiger charge is -2.30. The summed E-state index contributed by atoms with van der Waals surface area (Å²) in [5.41, 5.74) is 0.0497. The van der Waals surface area contributed by atoms with Gasteiger partial charge in [-0.1, -0.05) is 0 Å². The first kappa shape index (κ1) is 16.5. The van der Waals surface area contributed by atoms with Crippen molar-refractivity contribution >= 4 is 17.1 Å². The van der Waals surface area contributed by atoms with Crippen LogP contribution < -0.4 is 10.5 Å². The van der Waals surface area contributed by atoms with Gasteiger partial charge >= 0.3 is 0 Å². The molecule has 4 heterocycles. The van der Waals surface area contributed by atoms with Gasteiger partial charge in [0.25, 0.3) is 5.56 Å². The highest BCUT2D eigenvalue weighted by Gasteiger charge is 2.45. The molecule has 2 saturated heterocycles. The molecule has 0 saturated carbocycles. The average molecular weight is 351 g/mol. The van der Waals surface area contributed by atoms with E-state index in [1.165, 1.54) is 6.33 Å². The molecule has 2 aromatic heterocycles. The number of piperidine rings is 1. The van der Waals surface area contributed by atoms with Gasteiger partial charge in [0, 0.05) is 13.1 Å². The predicted octanol–water partition coefficient (Wildman–Crippen LogP) is -1.28. The number of aromatic amines is 1. The Morgan fingerprint density at radius 1 is 1.24 bits per heavy atom. The number of hydrogen-bond donors (Lipinski definition) is 4. The molecule has 2 aliphatic heterocycles. The van der Waals surface area contributed by atoms with Crippen LogP contribution in [-0.4, -0.2) is 72.8 Å². The fourth-order valence-corrected chi connectivity index (χ4v) is 3.55. The van der Waals surface area contributed by atoms with Gasteiger partial charge in [0.1, 0.15) is 18.3 Å². The van der Waals surface area contributed by atoms with Crippen molar-refractivity contribution in [2.24, 2.45) is 0 Å². The van der Waals surface area contributed by atoms with Crippen LogP contribution >= 0.6 is 0 Å². The summed E-state index contributed by atoms with van der Waals surface area (Å²) in [6, 6.07) is 0. The van der Waals surface area contributed by atoms with E-state index in [1.807, 2.05) is 4.90 Å². The SMILES string of the molecule is O=c1[nH]cnc2c1nc(N1CCCCC1)n2C1OC(CO)C(O)C1O. The Morgan fingerprint density at radius 3 is 2.68 bits per heavy atom. The summed E-state index contributed by atoms with van der Waals surface area (Å²) >= 11 is 0. The Hall–Kier alpha value is -2.01. The molecule has 0 radical (unpaired) electrons. The van der Waals surface area contributed by atoms with Crippen molar-refractivity contribution in [1.29, 1.82) is 0 Å². The van der Waals surface area contributed by atoms with Crippen molar-refractivity contribution in [1.82, 2.24) is 19.5 Å². The van der Waals surface area contributed by atoms with Gasteiger partial charge in [0.15, 0.2) is 17.4 Å². The van der Waals surface area contributed by atoms with Gasteiger partial charge in [0.2, 0.25) is 5.95 Å². The molecule has 4 atom stereocenters. The Labute approximate surface area is 142 Å². The fraction of sp³-hybridized carbons (Fsp3) is 0.667. The van der Waals surface area contributed by atoms with Gasteiger partial charge in [-0.15, -0.1) is 0 Å². The van der Waals surface area contributed by atoms with E-state index >= 15 is 0 Å². The lowest BCUT2D eigenvalue weighted by Crippen LogP contribution is -2.35. The maximum atomic E-state index is 12.1. The Bertz CT molecular complexity index is 814. The molecule has 0 aromatic carbocycles. The van der Waals surface area contributed by atoms with Crippen LogP contribution in [0.15, 0.2) is 11.1 Å². The molecule has 136 valence electrons. The second-order valence-corrected chi connectivity index (χ2v) is 6.46. The number of aliphatic hydroxyl groups is 3. The van der Waals surface area contributed by atoms with Crippen molar-refractivity contribution in [2.75, 3.05) is 24.6 Å². The van der Waals surface area contributed by atoms with Crippen LogP contribution in [0.2, 0.25) is 0 Å². The highest BCUT2D eigenvalue weighted by atomic mass is 16.6. The standard InChI is InChI=1S/C15H21N5O5/c21-6-8-10(22)11(23)14(25-8)20-12-9(13(24)17-7-16-12)18-15(20)19-4-2-1-3-5-19/h7-8,10-11,14,21-23H,1-6H2,(H,16,17,24). The molecule has 4 unspecified atom stereocenters. The molecule has 4 rings (SSSR count). The lowest BCUT2D eigenvalue weighted by molar-refractivity contribution is -0.0504. The van der Waals surface area contributed by atoms with Crippen LogP contribution in [0.1, 0.15) is 25.5 Å². The number of hydrogen-bond acceptors (Lipinski definition) is 8. The Morgan fingerprint density at radius 2 is 2.00 bits per heavy atom. The number of anilines is 1. The number of aromatic nitrogens is 4. The van der Waals surface area contributed by atoms with Gasteiger partial charge in [-0.25, -0.2) is 9.97 Å². The van der Waals surface area contributed by atoms with E-state index in [4.69, 9.17) is 4.74 Å². The zero-order valence-electron chi connectivity index (χ0n) is 13.6. The number of rotatable bonds is 3. The van der Waals surface area contributed by atoms with Gasteiger partial charge in [-0.3, -0.25) is 9.36 Å². The third-order valence-corrected chi connectivity index (χ3v) is 4.88. The summed E-state index contributed by atoms with van der Waals surface area (Å²) in [6.45, 7) is 1.13. The number of nitrogens with one attached hydrogen (secondary N) is 1. The quantitative estimate of drug-likeness (QED) is 0.537. The normalized spacial score (nSPS) is 30.3. The number of nitrogens with zero attached hydrogens (tertiary/aromatic N) is 4. The van der Waals surface area contributed by atoms with Gasteiger partial charge in [-0.05, 0) is 19.3 Å².